The molecule has 0 radical (unpaired) electrons. The number of likely N-dealkylation sites (N-methyl/N-ethyl adjacent to an activating group) is 1. The maximum absolute atomic E-state index is 12.5. The lowest BCUT2D eigenvalue weighted by molar-refractivity contribution is -0.908. The second-order valence-electron chi connectivity index (χ2n) is 13.8. The predicted molar refractivity (Wildman–Crippen MR) is 187 cm³/mol. The van der Waals surface area contributed by atoms with Crippen molar-refractivity contribution in [3.8, 4) is 0 Å². The maximum Gasteiger partial charge on any atom is 0.237 e. The zero-order valence-electron chi connectivity index (χ0n) is 29.2. The molecule has 0 aromatic rings. The molecule has 0 saturated heterocycles. The number of hydrogen-bond acceptors (Lipinski definition) is 3. The van der Waals surface area contributed by atoms with Crippen LogP contribution in [-0.2, 0) is 4.79 Å². The van der Waals surface area contributed by atoms with Crippen LogP contribution >= 0.6 is 0 Å². The molecule has 0 spiro atoms. The molecule has 0 aliphatic rings. The monoisotopic (exact) mass is 596 g/mol. The summed E-state index contributed by atoms with van der Waals surface area (Å²) in [6.45, 7) is 9.46. The molecule has 1 atom stereocenters. The molecule has 0 saturated carbocycles. The topological polar surface area (TPSA) is 81.1 Å². The van der Waals surface area contributed by atoms with E-state index in [2.05, 4.69) is 26.2 Å². The van der Waals surface area contributed by atoms with Crippen molar-refractivity contribution in [3.63, 3.8) is 0 Å². The highest BCUT2D eigenvalue weighted by atomic mass is 16.2. The summed E-state index contributed by atoms with van der Waals surface area (Å²) in [4.78, 5) is 12.5. The molecular weight excluding hydrogens is 516 g/mol. The van der Waals surface area contributed by atoms with Crippen LogP contribution in [0.2, 0.25) is 0 Å². The van der Waals surface area contributed by atoms with Crippen LogP contribution in [0.4, 0.5) is 0 Å². The van der Waals surface area contributed by atoms with Crippen molar-refractivity contribution in [2.24, 2.45) is 11.5 Å². The van der Waals surface area contributed by atoms with Crippen molar-refractivity contribution in [1.82, 2.24) is 5.32 Å². The van der Waals surface area contributed by atoms with E-state index in [4.69, 9.17) is 11.5 Å². The molecular formula is C37H79N4O+. The van der Waals surface area contributed by atoms with Crippen molar-refractivity contribution in [1.29, 1.82) is 0 Å². The number of unbranched alkanes of at least 4 members (excludes halogenated alkanes) is 23. The Hall–Kier alpha value is -0.650. The average molecular weight is 596 g/mol. The first kappa shape index (κ1) is 41.4. The summed E-state index contributed by atoms with van der Waals surface area (Å²) in [5.74, 6) is 0.00861. The summed E-state index contributed by atoms with van der Waals surface area (Å²) >= 11 is 0. The van der Waals surface area contributed by atoms with E-state index in [0.29, 0.717) is 6.54 Å². The molecule has 0 heterocycles. The number of nitrogens with one attached hydrogen (secondary N) is 1. The highest BCUT2D eigenvalue weighted by Crippen LogP contribution is 2.16. The van der Waals surface area contributed by atoms with Crippen molar-refractivity contribution >= 4 is 5.91 Å². The number of quaternary nitrogens is 1. The molecule has 5 N–H and O–H groups in total. The third kappa shape index (κ3) is 28.1. The quantitative estimate of drug-likeness (QED) is 0.0512. The minimum Gasteiger partial charge on any atom is -0.349 e. The van der Waals surface area contributed by atoms with Gasteiger partial charge in [-0.1, -0.05) is 149 Å². The lowest BCUT2D eigenvalue weighted by Gasteiger charge is -2.35. The Balaban J connectivity index is 4.25. The van der Waals surface area contributed by atoms with E-state index in [1.807, 2.05) is 0 Å². The van der Waals surface area contributed by atoms with E-state index < -0.39 is 6.04 Å². The molecule has 42 heavy (non-hydrogen) atoms. The molecule has 0 aliphatic heterocycles. The molecule has 5 nitrogen and oxygen atoms in total. The summed E-state index contributed by atoms with van der Waals surface area (Å²) in [6, 6.07) is -0.400. The van der Waals surface area contributed by atoms with Gasteiger partial charge in [-0.25, -0.2) is 0 Å². The first-order valence-electron chi connectivity index (χ1n) is 19.1. The van der Waals surface area contributed by atoms with Crippen LogP contribution in [-0.4, -0.2) is 56.2 Å². The number of amides is 1. The minimum atomic E-state index is -0.400. The van der Waals surface area contributed by atoms with E-state index in [-0.39, 0.29) is 5.91 Å². The maximum atomic E-state index is 12.5. The molecule has 0 rings (SSSR count). The van der Waals surface area contributed by atoms with Crippen LogP contribution < -0.4 is 16.8 Å². The lowest BCUT2D eigenvalue weighted by atomic mass is 10.0. The van der Waals surface area contributed by atoms with Gasteiger partial charge in [-0.2, -0.15) is 0 Å². The Bertz CT molecular complexity index is 528. The van der Waals surface area contributed by atoms with E-state index in [1.54, 1.807) is 0 Å². The minimum absolute atomic E-state index is 0.00861. The van der Waals surface area contributed by atoms with Crippen molar-refractivity contribution in [2.75, 3.05) is 39.8 Å². The molecule has 5 heteroatoms. The largest absolute Gasteiger partial charge is 0.349 e. The summed E-state index contributed by atoms with van der Waals surface area (Å²) in [5, 5.41) is 3.15. The average Bonchev–Trinajstić information content (AvgIpc) is 2.98. The Kier molecular flexibility index (Phi) is 31.3. The smallest absolute Gasteiger partial charge is 0.237 e. The van der Waals surface area contributed by atoms with Gasteiger partial charge in [0.25, 0.3) is 0 Å². The SMILES string of the molecule is CCCCCCCCCCCCCC[N+](C)(CCCCCCCCCCCCCC)CCNC(=O)C(N)CCCCN. The van der Waals surface area contributed by atoms with E-state index >= 15 is 0 Å². The third-order valence-electron chi connectivity index (χ3n) is 9.36. The molecule has 1 unspecified atom stereocenters. The number of carbonyl (C=O) groups excluding carboxylic acids is 1. The van der Waals surface area contributed by atoms with Gasteiger partial charge in [-0.3, -0.25) is 4.79 Å². The van der Waals surface area contributed by atoms with Gasteiger partial charge in [-0.05, 0) is 45.1 Å². The van der Waals surface area contributed by atoms with Crippen LogP contribution in [0.1, 0.15) is 187 Å². The number of nitrogens with zero attached hydrogens (tertiary/aromatic N) is 1. The van der Waals surface area contributed by atoms with Crippen LogP contribution in [0, 0.1) is 0 Å². The first-order valence-corrected chi connectivity index (χ1v) is 19.1. The van der Waals surface area contributed by atoms with Gasteiger partial charge in [0.15, 0.2) is 0 Å². The van der Waals surface area contributed by atoms with Gasteiger partial charge in [0.2, 0.25) is 5.91 Å². The van der Waals surface area contributed by atoms with Crippen molar-refractivity contribution in [2.45, 2.75) is 193 Å². The van der Waals surface area contributed by atoms with Gasteiger partial charge in [0.05, 0.1) is 39.3 Å². The van der Waals surface area contributed by atoms with Crippen LogP contribution in [0.15, 0.2) is 0 Å². The summed E-state index contributed by atoms with van der Waals surface area (Å²) in [7, 11) is 2.42. The molecule has 0 bridgehead atoms. The highest BCUT2D eigenvalue weighted by Gasteiger charge is 2.21. The van der Waals surface area contributed by atoms with E-state index in [0.717, 1.165) is 36.8 Å². The van der Waals surface area contributed by atoms with Crippen LogP contribution in [0.5, 0.6) is 0 Å². The summed E-state index contributed by atoms with van der Waals surface area (Å²) in [6.07, 6.45) is 36.1. The van der Waals surface area contributed by atoms with Crippen molar-refractivity contribution in [3.05, 3.63) is 0 Å². The number of carbonyl (C=O) groups is 1. The van der Waals surface area contributed by atoms with E-state index in [9.17, 15) is 4.79 Å². The van der Waals surface area contributed by atoms with Gasteiger partial charge in [0, 0.05) is 0 Å². The highest BCUT2D eigenvalue weighted by molar-refractivity contribution is 5.81. The lowest BCUT2D eigenvalue weighted by Crippen LogP contribution is -2.51. The number of rotatable bonds is 34. The molecule has 0 fully saturated rings. The van der Waals surface area contributed by atoms with Gasteiger partial charge >= 0.3 is 0 Å². The van der Waals surface area contributed by atoms with Gasteiger partial charge in [-0.15, -0.1) is 0 Å². The predicted octanol–water partition coefficient (Wildman–Crippen LogP) is 9.41. The third-order valence-corrected chi connectivity index (χ3v) is 9.36. The fourth-order valence-corrected chi connectivity index (χ4v) is 6.22. The number of hydrogen-bond donors (Lipinski definition) is 3. The first-order chi connectivity index (χ1) is 20.5. The molecule has 1 amide bonds. The molecule has 252 valence electrons. The van der Waals surface area contributed by atoms with Gasteiger partial charge < -0.3 is 21.3 Å². The Morgan fingerprint density at radius 3 is 1.26 bits per heavy atom. The van der Waals surface area contributed by atoms with Crippen LogP contribution in [0.3, 0.4) is 0 Å². The summed E-state index contributed by atoms with van der Waals surface area (Å²) < 4.78 is 1.08. The van der Waals surface area contributed by atoms with Gasteiger partial charge in [0.1, 0.15) is 0 Å². The second-order valence-corrected chi connectivity index (χ2v) is 13.8. The normalized spacial score (nSPS) is 12.6. The summed E-state index contributed by atoms with van der Waals surface area (Å²) in [5.41, 5.74) is 11.7. The fraction of sp³-hybridized carbons (Fsp3) is 0.973. The zero-order valence-corrected chi connectivity index (χ0v) is 29.2. The molecule has 0 aromatic carbocycles. The Morgan fingerprint density at radius 1 is 0.548 bits per heavy atom. The zero-order chi connectivity index (χ0) is 31.0. The van der Waals surface area contributed by atoms with Crippen LogP contribution in [0.25, 0.3) is 0 Å². The molecule has 0 aliphatic carbocycles. The second kappa shape index (κ2) is 31.8. The Labute approximate surface area is 264 Å². The number of nitrogens with two attached hydrogens (primary N) is 2. The fourth-order valence-electron chi connectivity index (χ4n) is 6.22. The van der Waals surface area contributed by atoms with E-state index in [1.165, 1.54) is 167 Å². The Morgan fingerprint density at radius 2 is 0.905 bits per heavy atom. The molecule has 0 aromatic heterocycles. The van der Waals surface area contributed by atoms with Crippen molar-refractivity contribution < 1.29 is 9.28 Å². The standard InChI is InChI=1S/C37H78N4O/c1-4-6-8-10-12-14-16-18-20-22-24-28-33-41(3,35-32-40-37(42)36(39)30-26-27-31-38)34-29-25-23-21-19-17-15-13-11-9-7-5-2/h36H,4-35,38-39H2,1-3H3/p+1.